The number of aromatic nitrogens is 2. The molecule has 2 heterocycles. The molecule has 1 aliphatic rings. The predicted molar refractivity (Wildman–Crippen MR) is 67.0 cm³/mol. The summed E-state index contributed by atoms with van der Waals surface area (Å²) in [6.45, 7) is 6.73. The van der Waals surface area contributed by atoms with Gasteiger partial charge in [-0.2, -0.15) is 0 Å². The maximum absolute atomic E-state index is 4.47. The fraction of sp³-hybridized carbons (Fsp3) is 0.462. The lowest BCUT2D eigenvalue weighted by Crippen LogP contribution is -2.19. The van der Waals surface area contributed by atoms with Gasteiger partial charge in [0, 0.05) is 13.1 Å². The highest BCUT2D eigenvalue weighted by molar-refractivity contribution is 5.91. The summed E-state index contributed by atoms with van der Waals surface area (Å²) in [4.78, 5) is 10.2. The number of aromatic amines is 1. The van der Waals surface area contributed by atoms with E-state index in [9.17, 15) is 0 Å². The molecule has 3 heteroatoms. The van der Waals surface area contributed by atoms with Crippen LogP contribution in [0.3, 0.4) is 0 Å². The molecule has 1 aromatic heterocycles. The van der Waals surface area contributed by atoms with Crippen molar-refractivity contribution in [1.82, 2.24) is 9.97 Å². The molecule has 0 bridgehead atoms. The van der Waals surface area contributed by atoms with Crippen LogP contribution in [0.2, 0.25) is 0 Å². The van der Waals surface area contributed by atoms with Crippen LogP contribution in [-0.4, -0.2) is 23.1 Å². The molecule has 0 atom stereocenters. The molecule has 0 radical (unpaired) electrons. The molecule has 0 aliphatic carbocycles. The van der Waals surface area contributed by atoms with Gasteiger partial charge in [-0.05, 0) is 43.9 Å². The van der Waals surface area contributed by atoms with Gasteiger partial charge in [0.1, 0.15) is 5.52 Å². The first-order chi connectivity index (χ1) is 7.77. The quantitative estimate of drug-likeness (QED) is 0.793. The van der Waals surface area contributed by atoms with E-state index in [-0.39, 0.29) is 0 Å². The van der Waals surface area contributed by atoms with Crippen molar-refractivity contribution < 1.29 is 0 Å². The molecule has 1 fully saturated rings. The lowest BCUT2D eigenvalue weighted by Gasteiger charge is -2.21. The van der Waals surface area contributed by atoms with Crippen LogP contribution in [0, 0.1) is 13.8 Å². The van der Waals surface area contributed by atoms with Gasteiger partial charge in [0.05, 0.1) is 17.5 Å². The monoisotopic (exact) mass is 215 g/mol. The second-order valence-corrected chi connectivity index (χ2v) is 4.66. The first-order valence-electron chi connectivity index (χ1n) is 5.95. The number of benzene rings is 1. The van der Waals surface area contributed by atoms with Crippen LogP contribution in [0.15, 0.2) is 12.4 Å². The third-order valence-corrected chi connectivity index (χ3v) is 3.62. The molecule has 16 heavy (non-hydrogen) atoms. The van der Waals surface area contributed by atoms with Gasteiger partial charge >= 0.3 is 0 Å². The van der Waals surface area contributed by atoms with E-state index in [0.717, 1.165) is 11.0 Å². The Morgan fingerprint density at radius 3 is 2.75 bits per heavy atom. The molecule has 3 rings (SSSR count). The highest BCUT2D eigenvalue weighted by atomic mass is 15.2. The van der Waals surface area contributed by atoms with Crippen molar-refractivity contribution in [2.75, 3.05) is 18.0 Å². The number of rotatable bonds is 1. The lowest BCUT2D eigenvalue weighted by molar-refractivity contribution is 0.949. The summed E-state index contributed by atoms with van der Waals surface area (Å²) < 4.78 is 0. The number of H-pyrrole nitrogens is 1. The zero-order chi connectivity index (χ0) is 11.1. The second kappa shape index (κ2) is 3.51. The standard InChI is InChI=1S/C13H17N3/c1-9-7-11-12(15-8-14-11)13(10(9)2)16-5-3-4-6-16/h7-8H,3-6H2,1-2H3,(H,14,15). The Labute approximate surface area is 95.5 Å². The number of nitrogens with zero attached hydrogens (tertiary/aromatic N) is 2. The van der Waals surface area contributed by atoms with Crippen molar-refractivity contribution in [3.8, 4) is 0 Å². The molecule has 2 aromatic rings. The first kappa shape index (κ1) is 9.70. The summed E-state index contributed by atoms with van der Waals surface area (Å²) in [6.07, 6.45) is 4.40. The minimum absolute atomic E-state index is 1.13. The molecule has 0 amide bonds. The van der Waals surface area contributed by atoms with E-state index in [1.165, 1.54) is 42.7 Å². The molecular formula is C13H17N3. The Morgan fingerprint density at radius 2 is 2.00 bits per heavy atom. The molecule has 3 nitrogen and oxygen atoms in total. The van der Waals surface area contributed by atoms with E-state index in [1.54, 1.807) is 6.33 Å². The van der Waals surface area contributed by atoms with Gasteiger partial charge in [-0.15, -0.1) is 0 Å². The SMILES string of the molecule is Cc1cc2[nH]cnc2c(N2CCCC2)c1C. The lowest BCUT2D eigenvalue weighted by atomic mass is 10.1. The number of anilines is 1. The predicted octanol–water partition coefficient (Wildman–Crippen LogP) is 2.78. The summed E-state index contributed by atoms with van der Waals surface area (Å²) in [5, 5.41) is 0. The van der Waals surface area contributed by atoms with Crippen molar-refractivity contribution in [2.45, 2.75) is 26.7 Å². The molecule has 1 saturated heterocycles. The van der Waals surface area contributed by atoms with Gasteiger partial charge in [-0.25, -0.2) is 4.98 Å². The van der Waals surface area contributed by atoms with E-state index in [0.29, 0.717) is 0 Å². The summed E-state index contributed by atoms with van der Waals surface area (Å²) in [7, 11) is 0. The van der Waals surface area contributed by atoms with Crippen molar-refractivity contribution in [3.05, 3.63) is 23.5 Å². The molecule has 1 aliphatic heterocycles. The number of aryl methyl sites for hydroxylation is 1. The normalized spacial score (nSPS) is 16.2. The third-order valence-electron chi connectivity index (χ3n) is 3.62. The van der Waals surface area contributed by atoms with E-state index in [4.69, 9.17) is 0 Å². The molecule has 0 unspecified atom stereocenters. The molecular weight excluding hydrogens is 198 g/mol. The van der Waals surface area contributed by atoms with E-state index >= 15 is 0 Å². The van der Waals surface area contributed by atoms with Crippen molar-refractivity contribution in [1.29, 1.82) is 0 Å². The number of hydrogen-bond acceptors (Lipinski definition) is 2. The zero-order valence-electron chi connectivity index (χ0n) is 9.88. The number of imidazole rings is 1. The van der Waals surface area contributed by atoms with Crippen LogP contribution in [0.1, 0.15) is 24.0 Å². The van der Waals surface area contributed by atoms with Crippen LogP contribution < -0.4 is 4.90 Å². The van der Waals surface area contributed by atoms with Crippen LogP contribution in [0.4, 0.5) is 5.69 Å². The van der Waals surface area contributed by atoms with Gasteiger partial charge in [-0.1, -0.05) is 0 Å². The fourth-order valence-corrected chi connectivity index (χ4v) is 2.62. The minimum Gasteiger partial charge on any atom is -0.370 e. The maximum Gasteiger partial charge on any atom is 0.112 e. The third kappa shape index (κ3) is 1.31. The molecule has 84 valence electrons. The molecule has 1 N–H and O–H groups in total. The Bertz CT molecular complexity index is 521. The highest BCUT2D eigenvalue weighted by Crippen LogP contribution is 2.32. The molecule has 0 saturated carbocycles. The fourth-order valence-electron chi connectivity index (χ4n) is 2.62. The van der Waals surface area contributed by atoms with E-state index in [2.05, 4.69) is 34.8 Å². The highest BCUT2D eigenvalue weighted by Gasteiger charge is 2.19. The topological polar surface area (TPSA) is 31.9 Å². The molecule has 1 aromatic carbocycles. The van der Waals surface area contributed by atoms with Gasteiger partial charge in [0.25, 0.3) is 0 Å². The summed E-state index contributed by atoms with van der Waals surface area (Å²) in [6, 6.07) is 2.19. The number of nitrogens with one attached hydrogen (secondary N) is 1. The number of fused-ring (bicyclic) bond motifs is 1. The summed E-state index contributed by atoms with van der Waals surface area (Å²) in [5.41, 5.74) is 6.35. The van der Waals surface area contributed by atoms with Gasteiger partial charge in [-0.3, -0.25) is 0 Å². The Hall–Kier alpha value is -1.51. The average Bonchev–Trinajstić information content (AvgIpc) is 2.89. The summed E-state index contributed by atoms with van der Waals surface area (Å²) >= 11 is 0. The average molecular weight is 215 g/mol. The minimum atomic E-state index is 1.13. The second-order valence-electron chi connectivity index (χ2n) is 4.66. The maximum atomic E-state index is 4.47. The molecule has 0 spiro atoms. The van der Waals surface area contributed by atoms with Crippen LogP contribution in [0.5, 0.6) is 0 Å². The Kier molecular flexibility index (Phi) is 2.13. The van der Waals surface area contributed by atoms with Crippen molar-refractivity contribution >= 4 is 16.7 Å². The number of hydrogen-bond donors (Lipinski definition) is 1. The van der Waals surface area contributed by atoms with Gasteiger partial charge in [0.15, 0.2) is 0 Å². The van der Waals surface area contributed by atoms with Crippen LogP contribution in [-0.2, 0) is 0 Å². The zero-order valence-corrected chi connectivity index (χ0v) is 9.88. The van der Waals surface area contributed by atoms with Crippen molar-refractivity contribution in [3.63, 3.8) is 0 Å². The van der Waals surface area contributed by atoms with E-state index in [1.807, 2.05) is 0 Å². The van der Waals surface area contributed by atoms with Crippen molar-refractivity contribution in [2.24, 2.45) is 0 Å². The van der Waals surface area contributed by atoms with Crippen LogP contribution >= 0.6 is 0 Å². The Morgan fingerprint density at radius 1 is 1.25 bits per heavy atom. The van der Waals surface area contributed by atoms with Gasteiger partial charge in [0.2, 0.25) is 0 Å². The van der Waals surface area contributed by atoms with E-state index < -0.39 is 0 Å². The smallest absolute Gasteiger partial charge is 0.112 e. The van der Waals surface area contributed by atoms with Crippen LogP contribution in [0.25, 0.3) is 11.0 Å². The summed E-state index contributed by atoms with van der Waals surface area (Å²) in [5.74, 6) is 0. The van der Waals surface area contributed by atoms with Gasteiger partial charge < -0.3 is 9.88 Å². The largest absolute Gasteiger partial charge is 0.370 e. The first-order valence-corrected chi connectivity index (χ1v) is 5.95. The Balaban J connectivity index is 2.26.